The fraction of sp³-hybridized carbons (Fsp3) is 0.217. The predicted molar refractivity (Wildman–Crippen MR) is 132 cm³/mol. The van der Waals surface area contributed by atoms with E-state index in [1.54, 1.807) is 63.2 Å². The number of benzene rings is 2. The van der Waals surface area contributed by atoms with Gasteiger partial charge in [-0.25, -0.2) is 13.1 Å². The minimum atomic E-state index is -3.59. The molecule has 8 nitrogen and oxygen atoms in total. The average molecular weight is 487 g/mol. The highest BCUT2D eigenvalue weighted by Crippen LogP contribution is 2.18. The van der Waals surface area contributed by atoms with Gasteiger partial charge in [0, 0.05) is 23.1 Å². The molecular formula is C23H26N4O4S2. The summed E-state index contributed by atoms with van der Waals surface area (Å²) in [7, 11) is -3.59. The van der Waals surface area contributed by atoms with Gasteiger partial charge in [-0.3, -0.25) is 9.59 Å². The molecular weight excluding hydrogens is 460 g/mol. The van der Waals surface area contributed by atoms with Gasteiger partial charge < -0.3 is 16.0 Å². The first-order chi connectivity index (χ1) is 15.6. The molecule has 2 amide bonds. The molecule has 0 spiro atoms. The normalized spacial score (nSPS) is 12.2. The van der Waals surface area contributed by atoms with E-state index in [4.69, 9.17) is 0 Å². The molecule has 0 saturated heterocycles. The van der Waals surface area contributed by atoms with E-state index in [0.29, 0.717) is 21.9 Å². The average Bonchev–Trinajstić information content (AvgIpc) is 3.30. The largest absolute Gasteiger partial charge is 0.374 e. The molecule has 0 bridgehead atoms. The molecule has 0 radical (unpaired) electrons. The van der Waals surface area contributed by atoms with Crippen molar-refractivity contribution in [2.75, 3.05) is 16.0 Å². The Morgan fingerprint density at radius 3 is 1.97 bits per heavy atom. The van der Waals surface area contributed by atoms with Gasteiger partial charge in [0.15, 0.2) is 0 Å². The third-order valence-corrected chi connectivity index (χ3v) is 7.03. The topological polar surface area (TPSA) is 116 Å². The number of rotatable bonds is 9. The molecule has 0 fully saturated rings. The zero-order chi connectivity index (χ0) is 24.0. The molecule has 174 valence electrons. The molecule has 1 heterocycles. The smallest absolute Gasteiger partial charge is 0.265 e. The third kappa shape index (κ3) is 6.88. The fourth-order valence-corrected chi connectivity index (χ4v) is 4.78. The summed E-state index contributed by atoms with van der Waals surface area (Å²) in [5.41, 5.74) is 1.86. The summed E-state index contributed by atoms with van der Waals surface area (Å²) in [6, 6.07) is 15.8. The highest BCUT2D eigenvalue weighted by molar-refractivity contribution is 7.89. The maximum absolute atomic E-state index is 12.5. The molecule has 0 saturated carbocycles. The maximum atomic E-state index is 12.5. The van der Waals surface area contributed by atoms with Crippen molar-refractivity contribution in [3.8, 4) is 0 Å². The SMILES string of the molecule is CC(C)NS(=O)(=O)c1ccc(NC(=O)C(C)Nc2ccc(NC(=O)c3cccs3)cc2)cc1. The van der Waals surface area contributed by atoms with Gasteiger partial charge in [0.25, 0.3) is 5.91 Å². The number of thiophene rings is 1. The first kappa shape index (κ1) is 24.4. The number of amides is 2. The molecule has 33 heavy (non-hydrogen) atoms. The lowest BCUT2D eigenvalue weighted by atomic mass is 10.2. The second-order valence-corrected chi connectivity index (χ2v) is 10.3. The van der Waals surface area contributed by atoms with Crippen LogP contribution in [0.2, 0.25) is 0 Å². The lowest BCUT2D eigenvalue weighted by molar-refractivity contribution is -0.116. The van der Waals surface area contributed by atoms with Crippen LogP contribution in [0.15, 0.2) is 70.9 Å². The van der Waals surface area contributed by atoms with Crippen molar-refractivity contribution in [2.24, 2.45) is 0 Å². The van der Waals surface area contributed by atoms with Crippen LogP contribution in [0.1, 0.15) is 30.4 Å². The van der Waals surface area contributed by atoms with Crippen LogP contribution in [0, 0.1) is 0 Å². The Morgan fingerprint density at radius 1 is 0.818 bits per heavy atom. The lowest BCUT2D eigenvalue weighted by Gasteiger charge is -2.16. The van der Waals surface area contributed by atoms with E-state index in [9.17, 15) is 18.0 Å². The molecule has 2 aromatic carbocycles. The van der Waals surface area contributed by atoms with Crippen molar-refractivity contribution in [3.05, 3.63) is 70.9 Å². The van der Waals surface area contributed by atoms with Gasteiger partial charge in [-0.05, 0) is 80.7 Å². The molecule has 3 rings (SSSR count). The summed E-state index contributed by atoms with van der Waals surface area (Å²) < 4.78 is 26.9. The molecule has 1 unspecified atom stereocenters. The third-order valence-electron chi connectivity index (χ3n) is 4.49. The van der Waals surface area contributed by atoms with Crippen LogP contribution >= 0.6 is 11.3 Å². The number of anilines is 3. The van der Waals surface area contributed by atoms with Gasteiger partial charge in [-0.2, -0.15) is 0 Å². The Balaban J connectivity index is 1.54. The van der Waals surface area contributed by atoms with Gasteiger partial charge in [-0.15, -0.1) is 11.3 Å². The van der Waals surface area contributed by atoms with E-state index in [2.05, 4.69) is 20.7 Å². The van der Waals surface area contributed by atoms with Crippen LogP contribution in [-0.2, 0) is 14.8 Å². The molecule has 0 aliphatic rings. The lowest BCUT2D eigenvalue weighted by Crippen LogP contribution is -2.32. The predicted octanol–water partition coefficient (Wildman–Crippen LogP) is 4.13. The van der Waals surface area contributed by atoms with E-state index in [-0.39, 0.29) is 22.8 Å². The van der Waals surface area contributed by atoms with Crippen molar-refractivity contribution in [3.63, 3.8) is 0 Å². The number of sulfonamides is 1. The standard InChI is InChI=1S/C23H26N4O4S2/c1-15(2)27-33(30,31)20-12-10-19(11-13-20)25-22(28)16(3)24-17-6-8-18(9-7-17)26-23(29)21-5-4-14-32-21/h4-16,24,27H,1-3H3,(H,25,28)(H,26,29). The molecule has 10 heteroatoms. The van der Waals surface area contributed by atoms with Crippen molar-refractivity contribution >= 4 is 50.2 Å². The van der Waals surface area contributed by atoms with E-state index < -0.39 is 16.1 Å². The number of hydrogen-bond donors (Lipinski definition) is 4. The van der Waals surface area contributed by atoms with Crippen LogP contribution in [0.25, 0.3) is 0 Å². The van der Waals surface area contributed by atoms with Gasteiger partial charge in [0.2, 0.25) is 15.9 Å². The van der Waals surface area contributed by atoms with Crippen molar-refractivity contribution in [1.82, 2.24) is 4.72 Å². The van der Waals surface area contributed by atoms with Crippen molar-refractivity contribution in [2.45, 2.75) is 37.8 Å². The van der Waals surface area contributed by atoms with Crippen LogP contribution in [0.3, 0.4) is 0 Å². The van der Waals surface area contributed by atoms with Crippen LogP contribution in [-0.4, -0.2) is 32.3 Å². The second-order valence-electron chi connectivity index (χ2n) is 7.66. The summed E-state index contributed by atoms with van der Waals surface area (Å²) in [5, 5.41) is 10.5. The Kier molecular flexibility index (Phi) is 7.85. The van der Waals surface area contributed by atoms with Gasteiger partial charge in [0.05, 0.1) is 9.77 Å². The van der Waals surface area contributed by atoms with Gasteiger partial charge in [-0.1, -0.05) is 6.07 Å². The van der Waals surface area contributed by atoms with E-state index in [1.807, 2.05) is 11.4 Å². The van der Waals surface area contributed by atoms with Gasteiger partial charge in [0.1, 0.15) is 6.04 Å². The molecule has 0 aliphatic carbocycles. The Hall–Kier alpha value is -3.21. The van der Waals surface area contributed by atoms with Crippen molar-refractivity contribution in [1.29, 1.82) is 0 Å². The first-order valence-electron chi connectivity index (χ1n) is 10.3. The monoisotopic (exact) mass is 486 g/mol. The quantitative estimate of drug-likeness (QED) is 0.363. The van der Waals surface area contributed by atoms with Crippen LogP contribution in [0.5, 0.6) is 0 Å². The number of carbonyl (C=O) groups is 2. The minimum absolute atomic E-state index is 0.131. The van der Waals surface area contributed by atoms with Crippen LogP contribution in [0.4, 0.5) is 17.1 Å². The summed E-state index contributed by atoms with van der Waals surface area (Å²) >= 11 is 1.37. The minimum Gasteiger partial charge on any atom is -0.374 e. The molecule has 4 N–H and O–H groups in total. The van der Waals surface area contributed by atoms with E-state index in [0.717, 1.165) is 0 Å². The Bertz CT molecular complexity index is 1190. The van der Waals surface area contributed by atoms with E-state index in [1.165, 1.54) is 23.5 Å². The molecule has 1 atom stereocenters. The summed E-state index contributed by atoms with van der Waals surface area (Å²) in [5.74, 6) is -0.446. The molecule has 3 aromatic rings. The highest BCUT2D eigenvalue weighted by Gasteiger charge is 2.17. The fourth-order valence-electron chi connectivity index (χ4n) is 2.91. The van der Waals surface area contributed by atoms with Crippen LogP contribution < -0.4 is 20.7 Å². The second kappa shape index (κ2) is 10.6. The summed E-state index contributed by atoms with van der Waals surface area (Å²) in [6.45, 7) is 5.21. The molecule has 0 aliphatic heterocycles. The number of hydrogen-bond acceptors (Lipinski definition) is 6. The first-order valence-corrected chi connectivity index (χ1v) is 12.6. The van der Waals surface area contributed by atoms with E-state index >= 15 is 0 Å². The maximum Gasteiger partial charge on any atom is 0.265 e. The Morgan fingerprint density at radius 2 is 1.39 bits per heavy atom. The van der Waals surface area contributed by atoms with Crippen molar-refractivity contribution < 1.29 is 18.0 Å². The zero-order valence-electron chi connectivity index (χ0n) is 18.5. The number of nitrogens with one attached hydrogen (secondary N) is 4. The van der Waals surface area contributed by atoms with Gasteiger partial charge >= 0.3 is 0 Å². The molecule has 1 aromatic heterocycles. The zero-order valence-corrected chi connectivity index (χ0v) is 20.1. The summed E-state index contributed by atoms with van der Waals surface area (Å²) in [4.78, 5) is 25.4. The number of carbonyl (C=O) groups excluding carboxylic acids is 2. The summed E-state index contributed by atoms with van der Waals surface area (Å²) in [6.07, 6.45) is 0. The Labute approximate surface area is 197 Å². The highest BCUT2D eigenvalue weighted by atomic mass is 32.2.